The number of nitrogens with zero attached hydrogens (tertiary/aromatic N) is 4. The monoisotopic (exact) mass is 360 g/mol. The van der Waals surface area contributed by atoms with Gasteiger partial charge in [-0.2, -0.15) is 0 Å². The van der Waals surface area contributed by atoms with E-state index in [0.29, 0.717) is 6.67 Å². The quantitative estimate of drug-likeness (QED) is 0.783. The van der Waals surface area contributed by atoms with Gasteiger partial charge < -0.3 is 29.1 Å². The van der Waals surface area contributed by atoms with Gasteiger partial charge in [-0.1, -0.05) is 0 Å². The largest absolute Gasteiger partial charge is 0.497 e. The van der Waals surface area contributed by atoms with Crippen molar-refractivity contribution in [2.75, 3.05) is 30.7 Å². The normalized spacial score (nSPS) is 15.8. The first-order valence-corrected chi connectivity index (χ1v) is 8.54. The minimum atomic E-state index is 0.617. The SMILES string of the molecule is COc1ccc(N2[C]N(CN3[C]N(c4ccc(OC)cc4)C=C3)C=C2)cc1. The van der Waals surface area contributed by atoms with Crippen molar-refractivity contribution in [2.45, 2.75) is 0 Å². The summed E-state index contributed by atoms with van der Waals surface area (Å²) in [6.07, 6.45) is 7.91. The fourth-order valence-corrected chi connectivity index (χ4v) is 2.80. The Bertz CT molecular complexity index is 748. The van der Waals surface area contributed by atoms with Crippen molar-refractivity contribution in [3.63, 3.8) is 0 Å². The Morgan fingerprint density at radius 3 is 1.41 bits per heavy atom. The van der Waals surface area contributed by atoms with E-state index in [4.69, 9.17) is 9.47 Å². The van der Waals surface area contributed by atoms with Gasteiger partial charge >= 0.3 is 0 Å². The van der Waals surface area contributed by atoms with Gasteiger partial charge in [0.05, 0.1) is 20.9 Å². The predicted molar refractivity (Wildman–Crippen MR) is 104 cm³/mol. The summed E-state index contributed by atoms with van der Waals surface area (Å²) >= 11 is 0. The van der Waals surface area contributed by atoms with Crippen LogP contribution < -0.4 is 19.3 Å². The number of methoxy groups -OCH3 is 2. The summed E-state index contributed by atoms with van der Waals surface area (Å²) in [5.41, 5.74) is 2.05. The lowest BCUT2D eigenvalue weighted by Crippen LogP contribution is -2.30. The van der Waals surface area contributed by atoms with E-state index >= 15 is 0 Å². The number of benzene rings is 2. The molecule has 0 unspecified atom stereocenters. The zero-order valence-electron chi connectivity index (χ0n) is 15.2. The second-order valence-corrected chi connectivity index (χ2v) is 6.01. The molecule has 0 aliphatic carbocycles. The lowest BCUT2D eigenvalue weighted by molar-refractivity contribution is 0.307. The van der Waals surface area contributed by atoms with Gasteiger partial charge in [0, 0.05) is 36.2 Å². The number of rotatable bonds is 6. The first kappa shape index (κ1) is 17.1. The Balaban J connectivity index is 1.30. The maximum absolute atomic E-state index is 5.20. The van der Waals surface area contributed by atoms with Crippen molar-refractivity contribution in [1.29, 1.82) is 0 Å². The van der Waals surface area contributed by atoms with Gasteiger partial charge in [0.25, 0.3) is 0 Å². The Morgan fingerprint density at radius 2 is 1.04 bits per heavy atom. The van der Waals surface area contributed by atoms with E-state index in [1.807, 2.05) is 92.9 Å². The van der Waals surface area contributed by atoms with Gasteiger partial charge in [-0.3, -0.25) is 0 Å². The highest BCUT2D eigenvalue weighted by atomic mass is 16.5. The molecule has 0 saturated heterocycles. The maximum Gasteiger partial charge on any atom is 0.214 e. The van der Waals surface area contributed by atoms with Crippen molar-refractivity contribution in [1.82, 2.24) is 9.80 Å². The fraction of sp³-hybridized carbons (Fsp3) is 0.143. The van der Waals surface area contributed by atoms with Crippen LogP contribution in [-0.4, -0.2) is 30.7 Å². The molecule has 2 aromatic rings. The van der Waals surface area contributed by atoms with Gasteiger partial charge in [0.1, 0.15) is 11.5 Å². The molecule has 2 aromatic carbocycles. The van der Waals surface area contributed by atoms with Crippen LogP contribution in [0.2, 0.25) is 0 Å². The first-order chi connectivity index (χ1) is 13.2. The van der Waals surface area contributed by atoms with E-state index in [0.717, 1.165) is 22.9 Å². The molecule has 4 rings (SSSR count). The van der Waals surface area contributed by atoms with Crippen LogP contribution in [0.4, 0.5) is 11.4 Å². The van der Waals surface area contributed by atoms with Gasteiger partial charge in [-0.05, 0) is 48.5 Å². The van der Waals surface area contributed by atoms with E-state index in [1.165, 1.54) is 0 Å². The number of hydrogen-bond donors (Lipinski definition) is 0. The summed E-state index contributed by atoms with van der Waals surface area (Å²) in [4.78, 5) is 7.83. The summed E-state index contributed by atoms with van der Waals surface area (Å²) in [5, 5.41) is 0. The second-order valence-electron chi connectivity index (χ2n) is 6.01. The molecule has 2 aliphatic rings. The van der Waals surface area contributed by atoms with Crippen molar-refractivity contribution < 1.29 is 9.47 Å². The fourth-order valence-electron chi connectivity index (χ4n) is 2.80. The van der Waals surface area contributed by atoms with Gasteiger partial charge in [-0.15, -0.1) is 0 Å². The summed E-state index contributed by atoms with van der Waals surface area (Å²) < 4.78 is 10.4. The van der Waals surface area contributed by atoms with Crippen molar-refractivity contribution in [3.05, 3.63) is 86.7 Å². The van der Waals surface area contributed by atoms with Gasteiger partial charge in [-0.25, -0.2) is 0 Å². The third-order valence-corrected chi connectivity index (χ3v) is 4.27. The van der Waals surface area contributed by atoms with Crippen LogP contribution in [0.25, 0.3) is 0 Å². The van der Waals surface area contributed by atoms with Crippen molar-refractivity contribution >= 4 is 11.4 Å². The minimum absolute atomic E-state index is 0.617. The van der Waals surface area contributed by atoms with Crippen LogP contribution in [0.5, 0.6) is 11.5 Å². The first-order valence-electron chi connectivity index (χ1n) is 8.54. The Labute approximate surface area is 160 Å². The number of anilines is 2. The van der Waals surface area contributed by atoms with E-state index in [1.54, 1.807) is 14.2 Å². The van der Waals surface area contributed by atoms with Crippen LogP contribution in [0.3, 0.4) is 0 Å². The standard InChI is InChI=1S/C21H20N4O2/c1-26-20-7-3-18(4-8-20)24-13-11-22(16-24)15-23-12-14-25(17-23)19-5-9-21(27-2)10-6-19/h3-14H,15H2,1-2H3. The molecule has 0 amide bonds. The lowest BCUT2D eigenvalue weighted by atomic mass is 10.3. The average molecular weight is 360 g/mol. The van der Waals surface area contributed by atoms with Crippen LogP contribution in [0.1, 0.15) is 0 Å². The summed E-state index contributed by atoms with van der Waals surface area (Å²) in [5.74, 6) is 1.67. The zero-order chi connectivity index (χ0) is 18.6. The maximum atomic E-state index is 5.20. The molecule has 0 bridgehead atoms. The third kappa shape index (κ3) is 3.79. The molecule has 2 heterocycles. The topological polar surface area (TPSA) is 31.4 Å². The Hall–Kier alpha value is -3.28. The predicted octanol–water partition coefficient (Wildman–Crippen LogP) is 3.54. The summed E-state index contributed by atoms with van der Waals surface area (Å²) in [6, 6.07) is 15.7. The van der Waals surface area contributed by atoms with Gasteiger partial charge in [0.2, 0.25) is 13.3 Å². The molecule has 6 heteroatoms. The van der Waals surface area contributed by atoms with Crippen LogP contribution >= 0.6 is 0 Å². The molecule has 0 spiro atoms. The van der Waals surface area contributed by atoms with E-state index in [2.05, 4.69) is 13.3 Å². The smallest absolute Gasteiger partial charge is 0.214 e. The van der Waals surface area contributed by atoms with Crippen LogP contribution in [0.15, 0.2) is 73.3 Å². The van der Waals surface area contributed by atoms with Crippen LogP contribution in [-0.2, 0) is 0 Å². The summed E-state index contributed by atoms with van der Waals surface area (Å²) in [7, 11) is 3.33. The molecule has 0 saturated carbocycles. The average Bonchev–Trinajstić information content (AvgIpc) is 3.38. The molecule has 6 nitrogen and oxygen atoms in total. The van der Waals surface area contributed by atoms with E-state index in [-0.39, 0.29) is 0 Å². The molecule has 0 N–H and O–H groups in total. The lowest BCUT2D eigenvalue weighted by Gasteiger charge is -2.25. The second kappa shape index (κ2) is 7.53. The van der Waals surface area contributed by atoms with E-state index in [9.17, 15) is 0 Å². The van der Waals surface area contributed by atoms with Crippen LogP contribution in [0, 0.1) is 13.3 Å². The molecule has 136 valence electrons. The highest BCUT2D eigenvalue weighted by molar-refractivity contribution is 5.55. The van der Waals surface area contributed by atoms with Crippen molar-refractivity contribution in [2.24, 2.45) is 0 Å². The number of hydrogen-bond acceptors (Lipinski definition) is 6. The molecule has 0 aromatic heterocycles. The highest BCUT2D eigenvalue weighted by Gasteiger charge is 2.22. The minimum Gasteiger partial charge on any atom is -0.497 e. The molecule has 0 fully saturated rings. The molecule has 0 atom stereocenters. The zero-order valence-corrected chi connectivity index (χ0v) is 15.2. The van der Waals surface area contributed by atoms with E-state index < -0.39 is 0 Å². The Morgan fingerprint density at radius 1 is 0.630 bits per heavy atom. The Kier molecular flexibility index (Phi) is 4.78. The molecular weight excluding hydrogens is 340 g/mol. The molecule has 4 radical (unpaired) electrons. The van der Waals surface area contributed by atoms with Crippen molar-refractivity contribution in [3.8, 4) is 11.5 Å². The molecule has 2 aliphatic heterocycles. The summed E-state index contributed by atoms with van der Waals surface area (Å²) in [6.45, 7) is 7.23. The third-order valence-electron chi connectivity index (χ3n) is 4.27. The molecular formula is C21H20N4O2. The van der Waals surface area contributed by atoms with Gasteiger partial charge in [0.15, 0.2) is 0 Å². The molecule has 27 heavy (non-hydrogen) atoms. The highest BCUT2D eigenvalue weighted by Crippen LogP contribution is 2.27. The number of ether oxygens (including phenoxy) is 2.